The molecule has 1 aliphatic rings. The number of aldehydes is 1. The second-order valence-corrected chi connectivity index (χ2v) is 3.26. The van der Waals surface area contributed by atoms with E-state index in [9.17, 15) is 4.79 Å². The first-order chi connectivity index (χ1) is 6.33. The minimum absolute atomic E-state index is 0.00426. The summed E-state index contributed by atoms with van der Waals surface area (Å²) >= 11 is 0. The quantitative estimate of drug-likeness (QED) is 0.629. The molecule has 0 saturated carbocycles. The minimum atomic E-state index is -0.0926. The van der Waals surface area contributed by atoms with E-state index in [0.717, 1.165) is 18.4 Å². The highest BCUT2D eigenvalue weighted by Crippen LogP contribution is 2.32. The van der Waals surface area contributed by atoms with Crippen molar-refractivity contribution >= 4 is 6.29 Å². The molecule has 1 aromatic rings. The van der Waals surface area contributed by atoms with E-state index in [1.807, 2.05) is 13.1 Å². The Morgan fingerprint density at radius 1 is 1.77 bits per heavy atom. The Bertz CT molecular complexity index is 308. The van der Waals surface area contributed by atoms with Crippen LogP contribution in [0.1, 0.15) is 18.2 Å². The first kappa shape index (κ1) is 8.44. The molecule has 0 bridgehead atoms. The van der Waals surface area contributed by atoms with Crippen LogP contribution in [0.5, 0.6) is 0 Å². The first-order valence-corrected chi connectivity index (χ1v) is 4.37. The fraction of sp³-hybridized carbons (Fsp3) is 0.556. The predicted molar refractivity (Wildman–Crippen MR) is 46.1 cm³/mol. The van der Waals surface area contributed by atoms with Crippen LogP contribution in [0, 0.1) is 5.92 Å². The third-order valence-electron chi connectivity index (χ3n) is 2.46. The molecule has 0 unspecified atom stereocenters. The third-order valence-corrected chi connectivity index (χ3v) is 2.46. The molecule has 0 radical (unpaired) electrons. The summed E-state index contributed by atoms with van der Waals surface area (Å²) in [5.74, 6) is -0.00426. The van der Waals surface area contributed by atoms with Crippen LogP contribution < -0.4 is 0 Å². The molecule has 70 valence electrons. The fourth-order valence-corrected chi connectivity index (χ4v) is 1.71. The van der Waals surface area contributed by atoms with E-state index in [1.165, 1.54) is 0 Å². The van der Waals surface area contributed by atoms with Gasteiger partial charge in [-0.15, -0.1) is 0 Å². The summed E-state index contributed by atoms with van der Waals surface area (Å²) in [5.41, 5.74) is 0.981. The zero-order valence-corrected chi connectivity index (χ0v) is 7.51. The van der Waals surface area contributed by atoms with Gasteiger partial charge in [0.15, 0.2) is 0 Å². The number of carbonyl (C=O) groups excluding carboxylic acids is 1. The van der Waals surface area contributed by atoms with Crippen LogP contribution in [0.15, 0.2) is 12.3 Å². The summed E-state index contributed by atoms with van der Waals surface area (Å²) in [6.07, 6.45) is 3.42. The van der Waals surface area contributed by atoms with Gasteiger partial charge in [-0.05, 0) is 12.5 Å². The van der Waals surface area contributed by atoms with Crippen molar-refractivity contribution in [1.29, 1.82) is 0 Å². The van der Waals surface area contributed by atoms with Gasteiger partial charge in [-0.25, -0.2) is 0 Å². The van der Waals surface area contributed by atoms with Gasteiger partial charge in [0.25, 0.3) is 0 Å². The van der Waals surface area contributed by atoms with Crippen molar-refractivity contribution in [2.24, 2.45) is 13.0 Å². The largest absolute Gasteiger partial charge is 0.371 e. The van der Waals surface area contributed by atoms with Crippen molar-refractivity contribution in [3.63, 3.8) is 0 Å². The lowest BCUT2D eigenvalue weighted by Gasteiger charge is -2.13. The molecule has 0 aliphatic carbocycles. The SMILES string of the molecule is Cn1nccc1[C@@H]1OCC[C@H]1C=O. The standard InChI is InChI=1S/C9H12N2O2/c1-11-8(2-4-10-11)9-7(6-12)3-5-13-9/h2,4,6-7,9H,3,5H2,1H3/t7-,9+/m0/s1. The number of carbonyl (C=O) groups is 1. The lowest BCUT2D eigenvalue weighted by molar-refractivity contribution is -0.112. The molecule has 2 rings (SSSR count). The molecule has 1 aliphatic heterocycles. The molecule has 0 aromatic carbocycles. The molecule has 1 aromatic heterocycles. The van der Waals surface area contributed by atoms with Gasteiger partial charge in [-0.1, -0.05) is 0 Å². The van der Waals surface area contributed by atoms with Gasteiger partial charge in [0.1, 0.15) is 12.4 Å². The van der Waals surface area contributed by atoms with E-state index in [2.05, 4.69) is 5.10 Å². The zero-order chi connectivity index (χ0) is 9.26. The van der Waals surface area contributed by atoms with Crippen LogP contribution in [-0.2, 0) is 16.6 Å². The summed E-state index contributed by atoms with van der Waals surface area (Å²) in [4.78, 5) is 10.7. The highest BCUT2D eigenvalue weighted by Gasteiger charge is 2.30. The summed E-state index contributed by atoms with van der Waals surface area (Å²) in [6, 6.07) is 1.90. The molecule has 4 nitrogen and oxygen atoms in total. The molecule has 4 heteroatoms. The summed E-state index contributed by atoms with van der Waals surface area (Å²) in [7, 11) is 1.86. The number of aryl methyl sites for hydroxylation is 1. The maximum absolute atomic E-state index is 10.7. The Labute approximate surface area is 76.5 Å². The van der Waals surface area contributed by atoms with Crippen molar-refractivity contribution < 1.29 is 9.53 Å². The molecule has 0 spiro atoms. The van der Waals surface area contributed by atoms with E-state index in [0.29, 0.717) is 6.61 Å². The van der Waals surface area contributed by atoms with Crippen LogP contribution in [0.25, 0.3) is 0 Å². The molecule has 2 atom stereocenters. The van der Waals surface area contributed by atoms with E-state index < -0.39 is 0 Å². The number of ether oxygens (including phenoxy) is 1. The summed E-state index contributed by atoms with van der Waals surface area (Å²) in [5, 5.41) is 4.05. The van der Waals surface area contributed by atoms with Gasteiger partial charge in [0.05, 0.1) is 5.69 Å². The van der Waals surface area contributed by atoms with E-state index >= 15 is 0 Å². The van der Waals surface area contributed by atoms with Crippen molar-refractivity contribution in [3.05, 3.63) is 18.0 Å². The highest BCUT2D eigenvalue weighted by molar-refractivity contribution is 5.55. The Morgan fingerprint density at radius 3 is 3.23 bits per heavy atom. The van der Waals surface area contributed by atoms with Gasteiger partial charge in [-0.2, -0.15) is 5.10 Å². The predicted octanol–water partition coefficient (Wildman–Crippen LogP) is 0.697. The van der Waals surface area contributed by atoms with Crippen LogP contribution in [0.4, 0.5) is 0 Å². The van der Waals surface area contributed by atoms with Crippen molar-refractivity contribution in [3.8, 4) is 0 Å². The number of aromatic nitrogens is 2. The van der Waals surface area contributed by atoms with Gasteiger partial charge < -0.3 is 9.53 Å². The normalized spacial score (nSPS) is 27.8. The molecular weight excluding hydrogens is 168 g/mol. The number of nitrogens with zero attached hydrogens (tertiary/aromatic N) is 2. The average Bonchev–Trinajstić information content (AvgIpc) is 2.71. The minimum Gasteiger partial charge on any atom is -0.371 e. The van der Waals surface area contributed by atoms with Crippen LogP contribution in [0.2, 0.25) is 0 Å². The second-order valence-electron chi connectivity index (χ2n) is 3.26. The van der Waals surface area contributed by atoms with Crippen LogP contribution in [0.3, 0.4) is 0 Å². The monoisotopic (exact) mass is 180 g/mol. The Morgan fingerprint density at radius 2 is 2.62 bits per heavy atom. The third kappa shape index (κ3) is 1.37. The Kier molecular flexibility index (Phi) is 2.14. The molecule has 13 heavy (non-hydrogen) atoms. The topological polar surface area (TPSA) is 44.1 Å². The molecule has 1 fully saturated rings. The highest BCUT2D eigenvalue weighted by atomic mass is 16.5. The summed E-state index contributed by atoms with van der Waals surface area (Å²) in [6.45, 7) is 0.666. The van der Waals surface area contributed by atoms with E-state index in [4.69, 9.17) is 4.74 Å². The zero-order valence-electron chi connectivity index (χ0n) is 7.51. The van der Waals surface area contributed by atoms with Gasteiger partial charge in [-0.3, -0.25) is 4.68 Å². The molecule has 0 N–H and O–H groups in total. The lowest BCUT2D eigenvalue weighted by Crippen LogP contribution is -2.12. The molecule has 0 amide bonds. The number of hydrogen-bond acceptors (Lipinski definition) is 3. The maximum Gasteiger partial charge on any atom is 0.126 e. The van der Waals surface area contributed by atoms with Gasteiger partial charge in [0, 0.05) is 25.8 Å². The maximum atomic E-state index is 10.7. The van der Waals surface area contributed by atoms with Crippen molar-refractivity contribution in [2.75, 3.05) is 6.61 Å². The summed E-state index contributed by atoms with van der Waals surface area (Å²) < 4.78 is 7.25. The molecular formula is C9H12N2O2. The fourth-order valence-electron chi connectivity index (χ4n) is 1.71. The van der Waals surface area contributed by atoms with Gasteiger partial charge >= 0.3 is 0 Å². The van der Waals surface area contributed by atoms with Crippen LogP contribution in [-0.4, -0.2) is 22.7 Å². The lowest BCUT2D eigenvalue weighted by atomic mass is 10.0. The Hall–Kier alpha value is -1.16. The second kappa shape index (κ2) is 3.30. The van der Waals surface area contributed by atoms with Crippen molar-refractivity contribution in [2.45, 2.75) is 12.5 Å². The first-order valence-electron chi connectivity index (χ1n) is 4.37. The number of rotatable bonds is 2. The van der Waals surface area contributed by atoms with Crippen LogP contribution >= 0.6 is 0 Å². The molecule has 2 heterocycles. The van der Waals surface area contributed by atoms with Crippen molar-refractivity contribution in [1.82, 2.24) is 9.78 Å². The van der Waals surface area contributed by atoms with Gasteiger partial charge in [0.2, 0.25) is 0 Å². The molecule has 1 saturated heterocycles. The van der Waals surface area contributed by atoms with E-state index in [-0.39, 0.29) is 12.0 Å². The average molecular weight is 180 g/mol. The number of hydrogen-bond donors (Lipinski definition) is 0. The van der Waals surface area contributed by atoms with E-state index in [1.54, 1.807) is 10.9 Å². The smallest absolute Gasteiger partial charge is 0.126 e. The Balaban J connectivity index is 2.25.